The monoisotopic (exact) mass is 355 g/mol. The molecular formula is C20H29N5O. The number of hydrogen-bond acceptors (Lipinski definition) is 5. The molecule has 0 bridgehead atoms. The van der Waals surface area contributed by atoms with E-state index in [2.05, 4.69) is 9.88 Å². The molecule has 2 aromatic rings. The van der Waals surface area contributed by atoms with E-state index in [1.807, 2.05) is 23.7 Å². The second-order valence-corrected chi connectivity index (χ2v) is 7.67. The maximum absolute atomic E-state index is 10.3. The van der Waals surface area contributed by atoms with Crippen molar-refractivity contribution in [2.24, 2.45) is 0 Å². The van der Waals surface area contributed by atoms with E-state index in [0.29, 0.717) is 6.54 Å². The Kier molecular flexibility index (Phi) is 5.05. The second kappa shape index (κ2) is 7.45. The third-order valence-electron chi connectivity index (χ3n) is 6.02. The fourth-order valence-electron chi connectivity index (χ4n) is 4.55. The van der Waals surface area contributed by atoms with Crippen LogP contribution in [0.2, 0.25) is 0 Å². The summed E-state index contributed by atoms with van der Waals surface area (Å²) in [5.41, 5.74) is 0.975. The Labute approximate surface area is 155 Å². The maximum atomic E-state index is 10.3. The Morgan fingerprint density at radius 1 is 1.12 bits per heavy atom. The minimum Gasteiger partial charge on any atom is -0.391 e. The van der Waals surface area contributed by atoms with E-state index in [4.69, 9.17) is 10.1 Å². The van der Waals surface area contributed by atoms with Gasteiger partial charge in [-0.2, -0.15) is 5.10 Å². The van der Waals surface area contributed by atoms with Crippen molar-refractivity contribution in [3.8, 4) is 11.4 Å². The van der Waals surface area contributed by atoms with Crippen LogP contribution >= 0.6 is 0 Å². The summed E-state index contributed by atoms with van der Waals surface area (Å²) >= 11 is 0. The first-order valence-corrected chi connectivity index (χ1v) is 10.0. The number of hydrogen-bond donors (Lipinski definition) is 1. The van der Waals surface area contributed by atoms with E-state index in [1.54, 1.807) is 12.4 Å². The van der Waals surface area contributed by atoms with Gasteiger partial charge in [0.25, 0.3) is 0 Å². The lowest BCUT2D eigenvalue weighted by atomic mass is 9.94. The number of rotatable bonds is 6. The van der Waals surface area contributed by atoms with Crippen molar-refractivity contribution in [1.82, 2.24) is 24.6 Å². The molecule has 140 valence electrons. The highest BCUT2D eigenvalue weighted by Gasteiger charge is 2.46. The molecule has 3 heterocycles. The highest BCUT2D eigenvalue weighted by Crippen LogP contribution is 2.45. The van der Waals surface area contributed by atoms with Gasteiger partial charge < -0.3 is 5.11 Å². The molecule has 1 unspecified atom stereocenters. The lowest BCUT2D eigenvalue weighted by Gasteiger charge is -2.38. The summed E-state index contributed by atoms with van der Waals surface area (Å²) in [4.78, 5) is 11.8. The minimum absolute atomic E-state index is 0.0117. The molecule has 1 saturated heterocycles. The fraction of sp³-hybridized carbons (Fsp3) is 0.650. The molecule has 2 fully saturated rings. The van der Waals surface area contributed by atoms with Crippen LogP contribution in [0.5, 0.6) is 0 Å². The molecule has 0 spiro atoms. The van der Waals surface area contributed by atoms with Gasteiger partial charge in [-0.05, 0) is 57.3 Å². The van der Waals surface area contributed by atoms with Crippen molar-refractivity contribution in [3.05, 3.63) is 30.4 Å². The lowest BCUT2D eigenvalue weighted by molar-refractivity contribution is 0.0945. The number of nitrogens with zero attached hydrogens (tertiary/aromatic N) is 5. The third-order valence-corrected chi connectivity index (χ3v) is 6.02. The van der Waals surface area contributed by atoms with E-state index < -0.39 is 6.10 Å². The molecule has 26 heavy (non-hydrogen) atoms. The molecule has 2 aliphatic rings. The molecule has 1 N–H and O–H groups in total. The van der Waals surface area contributed by atoms with Gasteiger partial charge in [-0.3, -0.25) is 9.88 Å². The number of aromatic nitrogens is 4. The Morgan fingerprint density at radius 3 is 2.46 bits per heavy atom. The molecule has 0 aromatic carbocycles. The van der Waals surface area contributed by atoms with Crippen molar-refractivity contribution < 1.29 is 5.11 Å². The first-order chi connectivity index (χ1) is 12.7. The molecule has 2 aromatic heterocycles. The molecule has 1 saturated carbocycles. The summed E-state index contributed by atoms with van der Waals surface area (Å²) in [5, 5.41) is 15.1. The molecular weight excluding hydrogens is 326 g/mol. The van der Waals surface area contributed by atoms with Crippen LogP contribution < -0.4 is 0 Å². The van der Waals surface area contributed by atoms with E-state index in [1.165, 1.54) is 25.7 Å². The predicted molar refractivity (Wildman–Crippen MR) is 101 cm³/mol. The predicted octanol–water partition coefficient (Wildman–Crippen LogP) is 2.98. The zero-order chi connectivity index (χ0) is 18.0. The summed E-state index contributed by atoms with van der Waals surface area (Å²) in [7, 11) is 0. The normalized spacial score (nSPS) is 21.3. The summed E-state index contributed by atoms with van der Waals surface area (Å²) in [6, 6.07) is 3.91. The highest BCUT2D eigenvalue weighted by atomic mass is 16.3. The number of likely N-dealkylation sites (tertiary alicyclic amines) is 1. The van der Waals surface area contributed by atoms with Crippen LogP contribution in [0.3, 0.4) is 0 Å². The Morgan fingerprint density at radius 2 is 1.81 bits per heavy atom. The van der Waals surface area contributed by atoms with Crippen LogP contribution in [0.25, 0.3) is 11.4 Å². The highest BCUT2D eigenvalue weighted by molar-refractivity contribution is 5.53. The van der Waals surface area contributed by atoms with Gasteiger partial charge in [-0.25, -0.2) is 9.67 Å². The van der Waals surface area contributed by atoms with E-state index in [9.17, 15) is 5.11 Å². The van der Waals surface area contributed by atoms with Crippen molar-refractivity contribution >= 4 is 0 Å². The average molecular weight is 355 g/mol. The SMILES string of the molecule is CCC(O)Cn1nc(-c2ccncc2)nc1C1(N2CCCC2)CCCC1. The van der Waals surface area contributed by atoms with Crippen molar-refractivity contribution in [2.45, 2.75) is 70.1 Å². The minimum atomic E-state index is -0.391. The smallest absolute Gasteiger partial charge is 0.181 e. The number of pyridine rings is 1. The van der Waals surface area contributed by atoms with Crippen LogP contribution in [0.1, 0.15) is 57.7 Å². The summed E-state index contributed by atoms with van der Waals surface area (Å²) in [5.74, 6) is 1.80. The van der Waals surface area contributed by atoms with Crippen molar-refractivity contribution in [2.75, 3.05) is 13.1 Å². The maximum Gasteiger partial charge on any atom is 0.181 e. The van der Waals surface area contributed by atoms with Gasteiger partial charge in [0.05, 0.1) is 18.2 Å². The number of aliphatic hydroxyl groups is 1. The van der Waals surface area contributed by atoms with Gasteiger partial charge in [0.15, 0.2) is 5.82 Å². The van der Waals surface area contributed by atoms with Gasteiger partial charge in [0.1, 0.15) is 5.82 Å². The summed E-state index contributed by atoms with van der Waals surface area (Å²) < 4.78 is 1.99. The van der Waals surface area contributed by atoms with Crippen LogP contribution in [0.4, 0.5) is 0 Å². The molecule has 6 heteroatoms. The molecule has 6 nitrogen and oxygen atoms in total. The molecule has 4 rings (SSSR count). The molecule has 1 atom stereocenters. The average Bonchev–Trinajstić information content (AvgIpc) is 3.42. The number of aliphatic hydroxyl groups excluding tert-OH is 1. The summed E-state index contributed by atoms with van der Waals surface area (Å²) in [6.45, 7) is 4.82. The van der Waals surface area contributed by atoms with Gasteiger partial charge in [0.2, 0.25) is 0 Å². The standard InChI is InChI=1S/C20H29N5O/c1-2-17(26)15-25-19(22-18(23-25)16-7-11-21-12-8-16)20(9-3-4-10-20)24-13-5-6-14-24/h7-8,11-12,17,26H,2-6,9-10,13-15H2,1H3. The summed E-state index contributed by atoms with van der Waals surface area (Å²) in [6.07, 6.45) is 11.2. The first kappa shape index (κ1) is 17.6. The lowest BCUT2D eigenvalue weighted by Crippen LogP contribution is -2.45. The molecule has 1 aliphatic heterocycles. The third kappa shape index (κ3) is 3.16. The first-order valence-electron chi connectivity index (χ1n) is 10.0. The molecule has 1 aliphatic carbocycles. The fourth-order valence-corrected chi connectivity index (χ4v) is 4.55. The van der Waals surface area contributed by atoms with Crippen molar-refractivity contribution in [1.29, 1.82) is 0 Å². The van der Waals surface area contributed by atoms with Gasteiger partial charge in [-0.1, -0.05) is 19.8 Å². The van der Waals surface area contributed by atoms with Crippen LogP contribution in [0.15, 0.2) is 24.5 Å². The van der Waals surface area contributed by atoms with E-state index in [-0.39, 0.29) is 5.54 Å². The second-order valence-electron chi connectivity index (χ2n) is 7.67. The Balaban J connectivity index is 1.78. The Bertz CT molecular complexity index is 717. The molecule has 0 radical (unpaired) electrons. The van der Waals surface area contributed by atoms with E-state index >= 15 is 0 Å². The van der Waals surface area contributed by atoms with Crippen LogP contribution in [-0.2, 0) is 12.1 Å². The van der Waals surface area contributed by atoms with Gasteiger partial charge in [0, 0.05) is 18.0 Å². The van der Waals surface area contributed by atoms with Gasteiger partial charge in [-0.15, -0.1) is 0 Å². The van der Waals surface area contributed by atoms with Crippen LogP contribution in [-0.4, -0.2) is 48.9 Å². The Hall–Kier alpha value is -1.79. The molecule has 0 amide bonds. The topological polar surface area (TPSA) is 67.1 Å². The zero-order valence-corrected chi connectivity index (χ0v) is 15.6. The van der Waals surface area contributed by atoms with Crippen LogP contribution in [0, 0.1) is 0 Å². The van der Waals surface area contributed by atoms with E-state index in [0.717, 1.165) is 49.6 Å². The van der Waals surface area contributed by atoms with Crippen molar-refractivity contribution in [3.63, 3.8) is 0 Å². The largest absolute Gasteiger partial charge is 0.391 e. The zero-order valence-electron chi connectivity index (χ0n) is 15.6. The quantitative estimate of drug-likeness (QED) is 0.863. The van der Waals surface area contributed by atoms with Gasteiger partial charge >= 0.3 is 0 Å².